The van der Waals surface area contributed by atoms with Gasteiger partial charge in [0.05, 0.1) is 27.6 Å². The van der Waals surface area contributed by atoms with Crippen molar-refractivity contribution in [3.8, 4) is 0 Å². The molecule has 0 bridgehead atoms. The number of benzene rings is 1. The quantitative estimate of drug-likeness (QED) is 0.565. The molecular weight excluding hydrogens is 330 g/mol. The van der Waals surface area contributed by atoms with Crippen molar-refractivity contribution in [3.63, 3.8) is 0 Å². The molecule has 0 aliphatic heterocycles. The highest BCUT2D eigenvalue weighted by Crippen LogP contribution is 2.28. The number of carbonyl (C=O) groups is 1. The largest absolute Gasteiger partial charge is 0.306 e. The molecule has 8 nitrogen and oxygen atoms in total. The summed E-state index contributed by atoms with van der Waals surface area (Å²) in [7, 11) is 0. The molecule has 2 heterocycles. The van der Waals surface area contributed by atoms with Crippen molar-refractivity contribution in [2.75, 3.05) is 5.32 Å². The van der Waals surface area contributed by atoms with Gasteiger partial charge in [-0.15, -0.1) is 0 Å². The second-order valence-corrected chi connectivity index (χ2v) is 6.54. The monoisotopic (exact) mass is 345 g/mol. The summed E-state index contributed by atoms with van der Waals surface area (Å²) in [5.74, 6) is -0.609. The first-order chi connectivity index (χ1) is 11.4. The molecule has 3 aromatic rings. The molecule has 124 valence electrons. The minimum atomic E-state index is -0.516. The van der Waals surface area contributed by atoms with Gasteiger partial charge >= 0.3 is 5.69 Å². The molecule has 1 aromatic carbocycles. The second kappa shape index (κ2) is 6.36. The van der Waals surface area contributed by atoms with Crippen molar-refractivity contribution < 1.29 is 9.72 Å². The van der Waals surface area contributed by atoms with Crippen LogP contribution in [0.1, 0.15) is 12.5 Å². The number of nitrogens with one attached hydrogen (secondary N) is 1. The minimum Gasteiger partial charge on any atom is -0.302 e. The van der Waals surface area contributed by atoms with Gasteiger partial charge in [0.1, 0.15) is 12.4 Å². The molecular formula is C15H15N5O3S. The van der Waals surface area contributed by atoms with Gasteiger partial charge in [0.15, 0.2) is 5.13 Å². The molecule has 1 N–H and O–H groups in total. The summed E-state index contributed by atoms with van der Waals surface area (Å²) in [6.45, 7) is 3.96. The van der Waals surface area contributed by atoms with Gasteiger partial charge in [-0.3, -0.25) is 19.6 Å². The van der Waals surface area contributed by atoms with Crippen LogP contribution < -0.4 is 5.32 Å². The van der Waals surface area contributed by atoms with Crippen LogP contribution in [0.15, 0.2) is 30.6 Å². The number of carbonyl (C=O) groups excluding carboxylic acids is 1. The van der Waals surface area contributed by atoms with Crippen LogP contribution in [0.4, 0.5) is 10.8 Å². The van der Waals surface area contributed by atoms with E-state index in [0.717, 1.165) is 15.8 Å². The van der Waals surface area contributed by atoms with Crippen LogP contribution >= 0.6 is 11.3 Å². The van der Waals surface area contributed by atoms with Crippen molar-refractivity contribution in [2.24, 2.45) is 5.92 Å². The Bertz CT molecular complexity index is 917. The summed E-state index contributed by atoms with van der Waals surface area (Å²) in [5, 5.41) is 17.9. The van der Waals surface area contributed by atoms with Gasteiger partial charge in [0, 0.05) is 0 Å². The van der Waals surface area contributed by atoms with E-state index in [1.807, 2.05) is 25.1 Å². The molecule has 0 aliphatic rings. The summed E-state index contributed by atoms with van der Waals surface area (Å²) >= 11 is 1.42. The number of nitrogens with zero attached hydrogens (tertiary/aromatic N) is 4. The second-order valence-electron chi connectivity index (χ2n) is 5.51. The lowest BCUT2D eigenvalue weighted by atomic mass is 10.1. The first kappa shape index (κ1) is 16.1. The van der Waals surface area contributed by atoms with Crippen LogP contribution in [0.2, 0.25) is 0 Å². The van der Waals surface area contributed by atoms with Crippen molar-refractivity contribution in [2.45, 2.75) is 20.4 Å². The predicted molar refractivity (Wildman–Crippen MR) is 91.0 cm³/mol. The maximum absolute atomic E-state index is 12.3. The molecule has 0 radical (unpaired) electrons. The predicted octanol–water partition coefficient (Wildman–Crippen LogP) is 2.98. The van der Waals surface area contributed by atoms with E-state index in [1.54, 1.807) is 6.92 Å². The number of para-hydroxylation sites is 1. The van der Waals surface area contributed by atoms with E-state index in [1.165, 1.54) is 28.4 Å². The summed E-state index contributed by atoms with van der Waals surface area (Å²) in [4.78, 5) is 26.9. The number of nitro groups is 1. The van der Waals surface area contributed by atoms with Crippen molar-refractivity contribution in [1.82, 2.24) is 14.8 Å². The lowest BCUT2D eigenvalue weighted by Crippen LogP contribution is -2.24. The lowest BCUT2D eigenvalue weighted by molar-refractivity contribution is -0.385. The van der Waals surface area contributed by atoms with E-state index in [9.17, 15) is 14.9 Å². The number of hydrogen-bond acceptors (Lipinski definition) is 6. The normalized spacial score (nSPS) is 12.2. The first-order valence-electron chi connectivity index (χ1n) is 7.28. The Kier molecular flexibility index (Phi) is 4.26. The van der Waals surface area contributed by atoms with Gasteiger partial charge < -0.3 is 5.32 Å². The number of rotatable bonds is 5. The molecule has 24 heavy (non-hydrogen) atoms. The Labute approximate surface area is 141 Å². The van der Waals surface area contributed by atoms with Crippen molar-refractivity contribution in [1.29, 1.82) is 0 Å². The average molecular weight is 345 g/mol. The summed E-state index contributed by atoms with van der Waals surface area (Å²) in [6, 6.07) is 5.89. The van der Waals surface area contributed by atoms with Crippen LogP contribution in [-0.2, 0) is 11.3 Å². The van der Waals surface area contributed by atoms with Gasteiger partial charge in [0.2, 0.25) is 5.91 Å². The fourth-order valence-electron chi connectivity index (χ4n) is 2.28. The Balaban J connectivity index is 1.68. The summed E-state index contributed by atoms with van der Waals surface area (Å²) < 4.78 is 2.41. The Morgan fingerprint density at radius 1 is 1.50 bits per heavy atom. The van der Waals surface area contributed by atoms with E-state index < -0.39 is 10.8 Å². The van der Waals surface area contributed by atoms with Crippen LogP contribution in [0.3, 0.4) is 0 Å². The van der Waals surface area contributed by atoms with E-state index in [0.29, 0.717) is 5.13 Å². The zero-order chi connectivity index (χ0) is 17.3. The maximum atomic E-state index is 12.3. The number of anilines is 1. The molecule has 9 heteroatoms. The number of fused-ring (bicyclic) bond motifs is 1. The van der Waals surface area contributed by atoms with Gasteiger partial charge in [-0.2, -0.15) is 5.10 Å². The zero-order valence-electron chi connectivity index (χ0n) is 13.1. The molecule has 0 spiro atoms. The fourth-order valence-corrected chi connectivity index (χ4v) is 3.23. The third kappa shape index (κ3) is 3.25. The van der Waals surface area contributed by atoms with Crippen LogP contribution in [0, 0.1) is 23.0 Å². The number of aryl methyl sites for hydroxylation is 1. The minimum absolute atomic E-state index is 0.0933. The van der Waals surface area contributed by atoms with Gasteiger partial charge in [-0.1, -0.05) is 30.4 Å². The third-order valence-electron chi connectivity index (χ3n) is 3.59. The molecule has 0 saturated carbocycles. The molecule has 2 aromatic heterocycles. The van der Waals surface area contributed by atoms with Crippen molar-refractivity contribution >= 4 is 38.3 Å². The molecule has 1 atom stereocenters. The third-order valence-corrected chi connectivity index (χ3v) is 4.53. The number of hydrogen-bond donors (Lipinski definition) is 1. The molecule has 0 saturated heterocycles. The molecule has 0 aliphatic carbocycles. The number of amides is 1. The number of thiazole rings is 1. The van der Waals surface area contributed by atoms with E-state index in [4.69, 9.17) is 0 Å². The highest BCUT2D eigenvalue weighted by Gasteiger charge is 2.18. The molecule has 0 fully saturated rings. The average Bonchev–Trinajstić information content (AvgIpc) is 3.14. The van der Waals surface area contributed by atoms with Gasteiger partial charge in [-0.05, 0) is 18.6 Å². The van der Waals surface area contributed by atoms with Crippen LogP contribution in [0.25, 0.3) is 10.2 Å². The maximum Gasteiger partial charge on any atom is 0.306 e. The standard InChI is InChI=1S/C15H15N5O3S/c1-9-4-3-5-12-13(9)17-15(24-12)18-14(21)10(2)7-19-8-11(6-16-19)20(22)23/h3-6,8,10H,7H2,1-2H3,(H,17,18,21)/t10-/m0/s1. The van der Waals surface area contributed by atoms with E-state index in [-0.39, 0.29) is 18.1 Å². The smallest absolute Gasteiger partial charge is 0.302 e. The summed E-state index contributed by atoms with van der Waals surface area (Å²) in [6.07, 6.45) is 2.48. The number of aromatic nitrogens is 3. The molecule has 1 amide bonds. The van der Waals surface area contributed by atoms with E-state index >= 15 is 0 Å². The van der Waals surface area contributed by atoms with Gasteiger partial charge in [-0.25, -0.2) is 4.98 Å². The Hall–Kier alpha value is -2.81. The molecule has 0 unspecified atom stereocenters. The Morgan fingerprint density at radius 3 is 2.96 bits per heavy atom. The highest BCUT2D eigenvalue weighted by atomic mass is 32.1. The zero-order valence-corrected chi connectivity index (χ0v) is 13.9. The highest BCUT2D eigenvalue weighted by molar-refractivity contribution is 7.22. The fraction of sp³-hybridized carbons (Fsp3) is 0.267. The molecule has 3 rings (SSSR count). The van der Waals surface area contributed by atoms with Gasteiger partial charge in [0.25, 0.3) is 0 Å². The van der Waals surface area contributed by atoms with Crippen molar-refractivity contribution in [3.05, 3.63) is 46.3 Å². The summed E-state index contributed by atoms with van der Waals surface area (Å²) in [5.41, 5.74) is 1.85. The van der Waals surface area contributed by atoms with Crippen LogP contribution in [0.5, 0.6) is 0 Å². The van der Waals surface area contributed by atoms with Crippen LogP contribution in [-0.4, -0.2) is 25.6 Å². The Morgan fingerprint density at radius 2 is 2.29 bits per heavy atom. The topological polar surface area (TPSA) is 103 Å². The first-order valence-corrected chi connectivity index (χ1v) is 8.09. The lowest BCUT2D eigenvalue weighted by Gasteiger charge is -2.10. The SMILES string of the molecule is Cc1cccc2sc(NC(=O)[C@@H](C)Cn3cc([N+](=O)[O-])cn3)nc12. The van der Waals surface area contributed by atoms with E-state index in [2.05, 4.69) is 15.4 Å².